The second-order valence-electron chi connectivity index (χ2n) is 6.76. The number of benzene rings is 1. The SMILES string of the molecule is CC(C)(CC(=O)O)CC(=O)NC1CCN(c2ccccc2F)C1=O. The molecule has 1 aliphatic rings. The highest BCUT2D eigenvalue weighted by molar-refractivity contribution is 6.01. The van der Waals surface area contributed by atoms with Crippen LogP contribution < -0.4 is 10.2 Å². The zero-order valence-corrected chi connectivity index (χ0v) is 13.7. The number of carboxylic acid groups (broad SMARTS) is 1. The monoisotopic (exact) mass is 336 g/mol. The lowest BCUT2D eigenvalue weighted by Gasteiger charge is -2.23. The van der Waals surface area contributed by atoms with Gasteiger partial charge in [0.2, 0.25) is 11.8 Å². The van der Waals surface area contributed by atoms with Gasteiger partial charge in [-0.15, -0.1) is 0 Å². The first-order valence-electron chi connectivity index (χ1n) is 7.77. The molecule has 24 heavy (non-hydrogen) atoms. The Labute approximate surface area is 139 Å². The third-order valence-corrected chi connectivity index (χ3v) is 3.95. The van der Waals surface area contributed by atoms with Gasteiger partial charge in [0.15, 0.2) is 0 Å². The highest BCUT2D eigenvalue weighted by Gasteiger charge is 2.35. The van der Waals surface area contributed by atoms with Crippen LogP contribution in [-0.4, -0.2) is 35.5 Å². The van der Waals surface area contributed by atoms with E-state index in [1.807, 2.05) is 0 Å². The number of hydrogen-bond donors (Lipinski definition) is 2. The maximum absolute atomic E-state index is 13.8. The van der Waals surface area contributed by atoms with Crippen molar-refractivity contribution in [3.8, 4) is 0 Å². The Balaban J connectivity index is 1.97. The highest BCUT2D eigenvalue weighted by atomic mass is 19.1. The fourth-order valence-corrected chi connectivity index (χ4v) is 2.88. The van der Waals surface area contributed by atoms with Crippen LogP contribution in [0.2, 0.25) is 0 Å². The summed E-state index contributed by atoms with van der Waals surface area (Å²) in [6.07, 6.45) is 0.251. The maximum atomic E-state index is 13.8. The van der Waals surface area contributed by atoms with Crippen LogP contribution in [0.25, 0.3) is 0 Å². The summed E-state index contributed by atoms with van der Waals surface area (Å²) in [5.74, 6) is -2.20. The molecule has 2 N–H and O–H groups in total. The number of nitrogens with zero attached hydrogens (tertiary/aromatic N) is 1. The van der Waals surface area contributed by atoms with Gasteiger partial charge in [0.25, 0.3) is 0 Å². The third kappa shape index (κ3) is 4.31. The van der Waals surface area contributed by atoms with Crippen molar-refractivity contribution in [2.45, 2.75) is 39.2 Å². The standard InChI is InChI=1S/C17H21FN2O4/c1-17(2,10-15(22)23)9-14(21)19-12-7-8-20(16(12)24)13-6-4-3-5-11(13)18/h3-6,12H,7-10H2,1-2H3,(H,19,21)(H,22,23). The predicted molar refractivity (Wildman–Crippen MR) is 86.0 cm³/mol. The fourth-order valence-electron chi connectivity index (χ4n) is 2.88. The number of hydrogen-bond acceptors (Lipinski definition) is 3. The van der Waals surface area contributed by atoms with Crippen molar-refractivity contribution in [1.29, 1.82) is 0 Å². The molecule has 0 aliphatic carbocycles. The molecule has 1 fully saturated rings. The zero-order chi connectivity index (χ0) is 17.9. The van der Waals surface area contributed by atoms with Crippen molar-refractivity contribution in [3.63, 3.8) is 0 Å². The second kappa shape index (κ2) is 6.98. The van der Waals surface area contributed by atoms with E-state index in [4.69, 9.17) is 5.11 Å². The number of carboxylic acids is 1. The quantitative estimate of drug-likeness (QED) is 0.831. The topological polar surface area (TPSA) is 86.7 Å². The van der Waals surface area contributed by atoms with E-state index in [2.05, 4.69) is 5.32 Å². The number of amides is 2. The van der Waals surface area contributed by atoms with Gasteiger partial charge in [-0.2, -0.15) is 0 Å². The van der Waals surface area contributed by atoms with Crippen molar-refractivity contribution >= 4 is 23.5 Å². The second-order valence-corrected chi connectivity index (χ2v) is 6.76. The van der Waals surface area contributed by atoms with Crippen molar-refractivity contribution in [3.05, 3.63) is 30.1 Å². The molecule has 0 spiro atoms. The van der Waals surface area contributed by atoms with Gasteiger partial charge in [0.05, 0.1) is 12.1 Å². The van der Waals surface area contributed by atoms with Gasteiger partial charge >= 0.3 is 5.97 Å². The molecule has 130 valence electrons. The fraction of sp³-hybridized carbons (Fsp3) is 0.471. The normalized spacial score (nSPS) is 17.9. The van der Waals surface area contributed by atoms with Gasteiger partial charge in [-0.05, 0) is 24.0 Å². The van der Waals surface area contributed by atoms with Crippen molar-refractivity contribution in [2.24, 2.45) is 5.41 Å². The van der Waals surface area contributed by atoms with Gasteiger partial charge in [0, 0.05) is 13.0 Å². The summed E-state index contributed by atoms with van der Waals surface area (Å²) < 4.78 is 13.8. The van der Waals surface area contributed by atoms with E-state index < -0.39 is 23.2 Å². The van der Waals surface area contributed by atoms with Gasteiger partial charge < -0.3 is 15.3 Å². The molecule has 1 atom stereocenters. The van der Waals surface area contributed by atoms with E-state index in [0.717, 1.165) is 0 Å². The number of halogens is 1. The van der Waals surface area contributed by atoms with Crippen LogP contribution >= 0.6 is 0 Å². The molecule has 0 bridgehead atoms. The van der Waals surface area contributed by atoms with Crippen LogP contribution in [0.5, 0.6) is 0 Å². The molecule has 1 unspecified atom stereocenters. The smallest absolute Gasteiger partial charge is 0.303 e. The van der Waals surface area contributed by atoms with Crippen LogP contribution in [0.3, 0.4) is 0 Å². The Hall–Kier alpha value is -2.44. The molecule has 2 rings (SSSR count). The minimum absolute atomic E-state index is 0.00276. The van der Waals surface area contributed by atoms with Crippen LogP contribution in [0, 0.1) is 11.2 Å². The number of carbonyl (C=O) groups is 3. The molecule has 7 heteroatoms. The van der Waals surface area contributed by atoms with E-state index in [1.165, 1.54) is 17.0 Å². The summed E-state index contributed by atoms with van der Waals surface area (Å²) in [5.41, 5.74) is -0.506. The average Bonchev–Trinajstić information content (AvgIpc) is 2.78. The van der Waals surface area contributed by atoms with E-state index >= 15 is 0 Å². The van der Waals surface area contributed by atoms with Gasteiger partial charge in [-0.25, -0.2) is 4.39 Å². The molecule has 1 saturated heterocycles. The number of aliphatic carboxylic acids is 1. The van der Waals surface area contributed by atoms with Crippen LogP contribution in [0.15, 0.2) is 24.3 Å². The molecule has 1 heterocycles. The Morgan fingerprint density at radius 2 is 2.00 bits per heavy atom. The number of anilines is 1. The van der Waals surface area contributed by atoms with Gasteiger partial charge in [0.1, 0.15) is 11.9 Å². The van der Waals surface area contributed by atoms with E-state index in [0.29, 0.717) is 13.0 Å². The van der Waals surface area contributed by atoms with Crippen LogP contribution in [0.1, 0.15) is 33.1 Å². The molecule has 0 aromatic heterocycles. The highest BCUT2D eigenvalue weighted by Crippen LogP contribution is 2.27. The lowest BCUT2D eigenvalue weighted by atomic mass is 9.85. The van der Waals surface area contributed by atoms with E-state index in [1.54, 1.807) is 26.0 Å². The largest absolute Gasteiger partial charge is 0.481 e. The summed E-state index contributed by atoms with van der Waals surface area (Å²) in [6, 6.07) is 5.28. The minimum Gasteiger partial charge on any atom is -0.481 e. The number of carbonyl (C=O) groups excluding carboxylic acids is 2. The van der Waals surface area contributed by atoms with Crippen molar-refractivity contribution in [2.75, 3.05) is 11.4 Å². The minimum atomic E-state index is -0.976. The molecule has 1 aromatic rings. The predicted octanol–water partition coefficient (Wildman–Crippen LogP) is 1.94. The summed E-state index contributed by atoms with van der Waals surface area (Å²) in [4.78, 5) is 36.6. The van der Waals surface area contributed by atoms with Gasteiger partial charge in [-0.3, -0.25) is 14.4 Å². The first-order chi connectivity index (χ1) is 11.2. The molecule has 0 radical (unpaired) electrons. The molecule has 0 saturated carbocycles. The molecule has 1 aliphatic heterocycles. The maximum Gasteiger partial charge on any atom is 0.303 e. The Bertz CT molecular complexity index is 660. The number of nitrogens with one attached hydrogen (secondary N) is 1. The number of para-hydroxylation sites is 1. The summed E-state index contributed by atoms with van der Waals surface area (Å²) in [5, 5.41) is 11.5. The summed E-state index contributed by atoms with van der Waals surface area (Å²) in [7, 11) is 0. The summed E-state index contributed by atoms with van der Waals surface area (Å²) in [6.45, 7) is 3.69. The molecule has 2 amide bonds. The first-order valence-corrected chi connectivity index (χ1v) is 7.77. The lowest BCUT2D eigenvalue weighted by Crippen LogP contribution is -2.43. The van der Waals surface area contributed by atoms with E-state index in [9.17, 15) is 18.8 Å². The average molecular weight is 336 g/mol. The Kier molecular flexibility index (Phi) is 5.21. The van der Waals surface area contributed by atoms with Crippen molar-refractivity contribution < 1.29 is 23.9 Å². The van der Waals surface area contributed by atoms with E-state index in [-0.39, 0.29) is 30.3 Å². The first kappa shape index (κ1) is 17.9. The molecular formula is C17H21FN2O4. The lowest BCUT2D eigenvalue weighted by molar-refractivity contribution is -0.140. The Morgan fingerprint density at radius 1 is 1.33 bits per heavy atom. The number of rotatable bonds is 6. The zero-order valence-electron chi connectivity index (χ0n) is 13.7. The van der Waals surface area contributed by atoms with Crippen molar-refractivity contribution in [1.82, 2.24) is 5.32 Å². The molecule has 6 nitrogen and oxygen atoms in total. The van der Waals surface area contributed by atoms with Crippen LogP contribution in [0.4, 0.5) is 10.1 Å². The molecular weight excluding hydrogens is 315 g/mol. The molecule has 1 aromatic carbocycles. The third-order valence-electron chi connectivity index (χ3n) is 3.95. The van der Waals surface area contributed by atoms with Crippen LogP contribution in [-0.2, 0) is 14.4 Å². The Morgan fingerprint density at radius 3 is 2.62 bits per heavy atom. The van der Waals surface area contributed by atoms with Gasteiger partial charge in [-0.1, -0.05) is 26.0 Å². The summed E-state index contributed by atoms with van der Waals surface area (Å²) >= 11 is 0.